The van der Waals surface area contributed by atoms with Crippen LogP contribution in [-0.2, 0) is 7.05 Å². The Morgan fingerprint density at radius 2 is 1.88 bits per heavy atom. The van der Waals surface area contributed by atoms with Crippen molar-refractivity contribution < 1.29 is 4.79 Å². The molecule has 0 bridgehead atoms. The van der Waals surface area contributed by atoms with Crippen molar-refractivity contribution in [2.75, 3.05) is 0 Å². The second-order valence-electron chi connectivity index (χ2n) is 3.68. The van der Waals surface area contributed by atoms with Crippen molar-refractivity contribution in [3.05, 3.63) is 68.5 Å². The molecule has 0 aliphatic carbocycles. The molecule has 0 aliphatic heterocycles. The molecule has 2 rings (SSSR count). The Morgan fingerprint density at radius 3 is 2.53 bits per heavy atom. The molecule has 0 atom stereocenters. The summed E-state index contributed by atoms with van der Waals surface area (Å²) in [5.41, 5.74) is 0.401. The highest BCUT2D eigenvalue weighted by atomic mass is 79.9. The summed E-state index contributed by atoms with van der Waals surface area (Å²) in [6, 6.07) is 10.3. The molecular weight excluding hydrogens is 282 g/mol. The fraction of sp³-hybridized carbons (Fsp3) is 0.0769. The molecule has 0 amide bonds. The molecule has 0 N–H and O–H groups in total. The Labute approximate surface area is 107 Å². The van der Waals surface area contributed by atoms with Crippen LogP contribution in [0.3, 0.4) is 0 Å². The van der Waals surface area contributed by atoms with Crippen LogP contribution >= 0.6 is 15.9 Å². The van der Waals surface area contributed by atoms with Gasteiger partial charge in [-0.15, -0.1) is 0 Å². The Kier molecular flexibility index (Phi) is 3.24. The fourth-order valence-electron chi connectivity index (χ4n) is 1.58. The normalized spacial score (nSPS) is 10.2. The molecule has 0 saturated heterocycles. The highest BCUT2D eigenvalue weighted by Crippen LogP contribution is 2.12. The van der Waals surface area contributed by atoms with Gasteiger partial charge in [0.25, 0.3) is 5.56 Å². The molecule has 86 valence electrons. The minimum atomic E-state index is -0.290. The predicted octanol–water partition coefficient (Wildman–Crippen LogP) is 2.38. The number of hydrogen-bond donors (Lipinski definition) is 0. The number of ketones is 1. The van der Waals surface area contributed by atoms with Gasteiger partial charge in [-0.25, -0.2) is 0 Å². The Bertz CT molecular complexity index is 617. The fourth-order valence-corrected chi connectivity index (χ4v) is 2.11. The molecule has 1 aromatic carbocycles. The van der Waals surface area contributed by atoms with E-state index in [-0.39, 0.29) is 16.9 Å². The van der Waals surface area contributed by atoms with Gasteiger partial charge in [0.2, 0.25) is 0 Å². The molecule has 4 heteroatoms. The summed E-state index contributed by atoms with van der Waals surface area (Å²) in [6.45, 7) is 0. The number of benzene rings is 1. The summed E-state index contributed by atoms with van der Waals surface area (Å²) < 4.78 is 2.10. The van der Waals surface area contributed by atoms with Crippen LogP contribution in [0.4, 0.5) is 0 Å². The summed E-state index contributed by atoms with van der Waals surface area (Å²) in [5, 5.41) is 0. The van der Waals surface area contributed by atoms with E-state index in [0.29, 0.717) is 10.0 Å². The van der Waals surface area contributed by atoms with Crippen molar-refractivity contribution in [3.8, 4) is 0 Å². The molecule has 3 nitrogen and oxygen atoms in total. The topological polar surface area (TPSA) is 39.1 Å². The van der Waals surface area contributed by atoms with E-state index in [1.54, 1.807) is 43.6 Å². The van der Waals surface area contributed by atoms with Gasteiger partial charge in [-0.1, -0.05) is 30.3 Å². The van der Waals surface area contributed by atoms with Gasteiger partial charge in [0.1, 0.15) is 0 Å². The van der Waals surface area contributed by atoms with Crippen molar-refractivity contribution in [1.82, 2.24) is 4.57 Å². The molecule has 1 heterocycles. The van der Waals surface area contributed by atoms with Gasteiger partial charge in [-0.05, 0) is 22.0 Å². The highest BCUT2D eigenvalue weighted by molar-refractivity contribution is 9.10. The number of hydrogen-bond acceptors (Lipinski definition) is 2. The van der Waals surface area contributed by atoms with Crippen LogP contribution in [0.2, 0.25) is 0 Å². The van der Waals surface area contributed by atoms with Gasteiger partial charge in [0, 0.05) is 23.3 Å². The number of nitrogens with zero attached hydrogens (tertiary/aromatic N) is 1. The third-order valence-corrected chi connectivity index (χ3v) is 2.86. The lowest BCUT2D eigenvalue weighted by Gasteiger charge is -2.04. The zero-order valence-corrected chi connectivity index (χ0v) is 10.8. The second kappa shape index (κ2) is 4.67. The monoisotopic (exact) mass is 291 g/mol. The van der Waals surface area contributed by atoms with E-state index in [2.05, 4.69) is 15.9 Å². The number of carbonyl (C=O) groups excluding carboxylic acids is 1. The van der Waals surface area contributed by atoms with E-state index in [1.807, 2.05) is 6.07 Å². The number of aromatic nitrogens is 1. The first-order chi connectivity index (χ1) is 8.09. The first-order valence-electron chi connectivity index (χ1n) is 5.05. The first-order valence-corrected chi connectivity index (χ1v) is 5.85. The molecule has 0 unspecified atom stereocenters. The standard InChI is InChI=1S/C13H10BrNO2/c1-15-8-10(14)7-11(13(15)17)12(16)9-5-3-2-4-6-9/h2-8H,1H3. The number of aryl methyl sites for hydroxylation is 1. The summed E-state index contributed by atoms with van der Waals surface area (Å²) in [6.07, 6.45) is 1.63. The van der Waals surface area contributed by atoms with Crippen LogP contribution < -0.4 is 5.56 Å². The van der Waals surface area contributed by atoms with Gasteiger partial charge in [-0.3, -0.25) is 9.59 Å². The molecule has 17 heavy (non-hydrogen) atoms. The van der Waals surface area contributed by atoms with Gasteiger partial charge < -0.3 is 4.57 Å². The van der Waals surface area contributed by atoms with Gasteiger partial charge in [0.15, 0.2) is 5.78 Å². The van der Waals surface area contributed by atoms with E-state index in [9.17, 15) is 9.59 Å². The van der Waals surface area contributed by atoms with E-state index < -0.39 is 0 Å². The number of halogens is 1. The van der Waals surface area contributed by atoms with Crippen molar-refractivity contribution in [1.29, 1.82) is 0 Å². The highest BCUT2D eigenvalue weighted by Gasteiger charge is 2.14. The maximum Gasteiger partial charge on any atom is 0.261 e. The van der Waals surface area contributed by atoms with E-state index in [0.717, 1.165) is 0 Å². The van der Waals surface area contributed by atoms with Crippen LogP contribution in [-0.4, -0.2) is 10.4 Å². The maximum atomic E-state index is 12.1. The van der Waals surface area contributed by atoms with Gasteiger partial charge in [0.05, 0.1) is 5.56 Å². The SMILES string of the molecule is Cn1cc(Br)cc(C(=O)c2ccccc2)c1=O. The summed E-state index contributed by atoms with van der Waals surface area (Å²) >= 11 is 3.28. The second-order valence-corrected chi connectivity index (χ2v) is 4.60. The van der Waals surface area contributed by atoms with Gasteiger partial charge in [-0.2, -0.15) is 0 Å². The first kappa shape index (κ1) is 11.8. The van der Waals surface area contributed by atoms with Crippen molar-refractivity contribution >= 4 is 21.7 Å². The quantitative estimate of drug-likeness (QED) is 0.797. The summed E-state index contributed by atoms with van der Waals surface area (Å²) in [7, 11) is 1.62. The molecule has 1 aromatic heterocycles. The Morgan fingerprint density at radius 1 is 1.24 bits per heavy atom. The number of rotatable bonds is 2. The molecule has 0 spiro atoms. The molecule has 0 fully saturated rings. The molecule has 0 aliphatic rings. The Balaban J connectivity index is 2.56. The Hall–Kier alpha value is -1.68. The van der Waals surface area contributed by atoms with Crippen LogP contribution in [0.1, 0.15) is 15.9 Å². The summed E-state index contributed by atoms with van der Waals surface area (Å²) in [5.74, 6) is -0.257. The predicted molar refractivity (Wildman–Crippen MR) is 69.3 cm³/mol. The van der Waals surface area contributed by atoms with E-state index >= 15 is 0 Å². The van der Waals surface area contributed by atoms with Crippen molar-refractivity contribution in [3.63, 3.8) is 0 Å². The minimum Gasteiger partial charge on any atom is -0.317 e. The lowest BCUT2D eigenvalue weighted by molar-refractivity contribution is 0.103. The molecule has 0 saturated carbocycles. The molecule has 0 radical (unpaired) electrons. The largest absolute Gasteiger partial charge is 0.317 e. The van der Waals surface area contributed by atoms with Crippen LogP contribution in [0.25, 0.3) is 0 Å². The lowest BCUT2D eigenvalue weighted by Crippen LogP contribution is -2.24. The number of pyridine rings is 1. The van der Waals surface area contributed by atoms with Crippen molar-refractivity contribution in [2.45, 2.75) is 0 Å². The zero-order chi connectivity index (χ0) is 12.4. The minimum absolute atomic E-state index is 0.174. The van der Waals surface area contributed by atoms with E-state index in [4.69, 9.17) is 0 Å². The average Bonchev–Trinajstić information content (AvgIpc) is 2.34. The third kappa shape index (κ3) is 2.36. The van der Waals surface area contributed by atoms with Crippen LogP contribution in [0.15, 0.2) is 51.9 Å². The maximum absolute atomic E-state index is 12.1. The zero-order valence-electron chi connectivity index (χ0n) is 9.18. The van der Waals surface area contributed by atoms with Crippen LogP contribution in [0, 0.1) is 0 Å². The molecular formula is C13H10BrNO2. The third-order valence-electron chi connectivity index (χ3n) is 2.43. The van der Waals surface area contributed by atoms with Crippen molar-refractivity contribution in [2.24, 2.45) is 7.05 Å². The molecule has 2 aromatic rings. The van der Waals surface area contributed by atoms with E-state index in [1.165, 1.54) is 4.57 Å². The smallest absolute Gasteiger partial charge is 0.261 e. The average molecular weight is 292 g/mol. The number of carbonyl (C=O) groups is 1. The summed E-state index contributed by atoms with van der Waals surface area (Å²) in [4.78, 5) is 24.0. The lowest BCUT2D eigenvalue weighted by atomic mass is 10.1. The van der Waals surface area contributed by atoms with Crippen LogP contribution in [0.5, 0.6) is 0 Å². The van der Waals surface area contributed by atoms with Gasteiger partial charge >= 0.3 is 0 Å².